The van der Waals surface area contributed by atoms with Gasteiger partial charge in [0.15, 0.2) is 0 Å². The van der Waals surface area contributed by atoms with Crippen LogP contribution in [0.15, 0.2) is 12.3 Å². The van der Waals surface area contributed by atoms with Gasteiger partial charge in [-0.3, -0.25) is 4.68 Å². The number of rotatable bonds is 8. The molecule has 0 aliphatic rings. The summed E-state index contributed by atoms with van der Waals surface area (Å²) in [5.74, 6) is 0. The topological polar surface area (TPSA) is 53.1 Å². The first-order chi connectivity index (χ1) is 8.62. The molecule has 4 heteroatoms. The lowest BCUT2D eigenvalue weighted by molar-refractivity contribution is 0.0574. The van der Waals surface area contributed by atoms with Crippen molar-refractivity contribution in [3.63, 3.8) is 0 Å². The number of aromatic nitrogens is 2. The van der Waals surface area contributed by atoms with Gasteiger partial charge < -0.3 is 10.5 Å². The van der Waals surface area contributed by atoms with Gasteiger partial charge in [0.05, 0.1) is 17.8 Å². The van der Waals surface area contributed by atoms with Crippen LogP contribution in [0.25, 0.3) is 0 Å². The van der Waals surface area contributed by atoms with Crippen LogP contribution in [0.5, 0.6) is 0 Å². The second-order valence-corrected chi connectivity index (χ2v) is 4.79. The quantitative estimate of drug-likeness (QED) is 0.774. The largest absolute Gasteiger partial charge is 0.377 e. The summed E-state index contributed by atoms with van der Waals surface area (Å²) in [6.45, 7) is 9.10. The molecule has 4 nitrogen and oxygen atoms in total. The summed E-state index contributed by atoms with van der Waals surface area (Å²) in [6, 6.07) is 2.57. The molecule has 1 aromatic rings. The predicted octanol–water partition coefficient (Wildman–Crippen LogP) is 2.54. The molecule has 0 aliphatic carbocycles. The van der Waals surface area contributed by atoms with Crippen molar-refractivity contribution in [3.05, 3.63) is 18.0 Å². The first kappa shape index (κ1) is 15.2. The fourth-order valence-electron chi connectivity index (χ4n) is 2.15. The van der Waals surface area contributed by atoms with Crippen LogP contribution in [0.4, 0.5) is 0 Å². The standard InChI is InChI=1S/C14H27N3O/c1-5-13(6-2)17-9-8-12(16-17)10-14(15)11(4)18-7-3/h8-9,11,13-14H,5-7,10,15H2,1-4H3. The van der Waals surface area contributed by atoms with Gasteiger partial charge >= 0.3 is 0 Å². The zero-order valence-electron chi connectivity index (χ0n) is 12.1. The normalized spacial score (nSPS) is 15.0. The van der Waals surface area contributed by atoms with Gasteiger partial charge in [0.2, 0.25) is 0 Å². The maximum Gasteiger partial charge on any atom is 0.0701 e. The van der Waals surface area contributed by atoms with E-state index in [9.17, 15) is 0 Å². The lowest BCUT2D eigenvalue weighted by atomic mass is 10.1. The number of hydrogen-bond donors (Lipinski definition) is 1. The Morgan fingerprint density at radius 2 is 2.00 bits per heavy atom. The molecule has 0 aromatic carbocycles. The molecule has 1 heterocycles. The van der Waals surface area contributed by atoms with Gasteiger partial charge in [-0.1, -0.05) is 13.8 Å². The fourth-order valence-corrected chi connectivity index (χ4v) is 2.15. The molecule has 18 heavy (non-hydrogen) atoms. The van der Waals surface area contributed by atoms with Crippen molar-refractivity contribution < 1.29 is 4.74 Å². The van der Waals surface area contributed by atoms with Crippen molar-refractivity contribution >= 4 is 0 Å². The van der Waals surface area contributed by atoms with Gasteiger partial charge in [-0.05, 0) is 32.8 Å². The van der Waals surface area contributed by atoms with Gasteiger partial charge in [0.1, 0.15) is 0 Å². The summed E-state index contributed by atoms with van der Waals surface area (Å²) in [7, 11) is 0. The molecule has 0 saturated heterocycles. The molecule has 0 spiro atoms. The highest BCUT2D eigenvalue weighted by Gasteiger charge is 2.15. The monoisotopic (exact) mass is 253 g/mol. The summed E-state index contributed by atoms with van der Waals surface area (Å²) in [4.78, 5) is 0. The van der Waals surface area contributed by atoms with E-state index < -0.39 is 0 Å². The van der Waals surface area contributed by atoms with E-state index >= 15 is 0 Å². The van der Waals surface area contributed by atoms with Crippen LogP contribution in [0.2, 0.25) is 0 Å². The number of ether oxygens (including phenoxy) is 1. The third kappa shape index (κ3) is 4.10. The van der Waals surface area contributed by atoms with Crippen molar-refractivity contribution in [2.24, 2.45) is 5.73 Å². The molecule has 2 N–H and O–H groups in total. The van der Waals surface area contributed by atoms with Crippen LogP contribution in [0, 0.1) is 0 Å². The molecule has 0 amide bonds. The first-order valence-electron chi connectivity index (χ1n) is 7.03. The Bertz CT molecular complexity index is 334. The first-order valence-corrected chi connectivity index (χ1v) is 7.03. The fraction of sp³-hybridized carbons (Fsp3) is 0.786. The molecule has 1 aromatic heterocycles. The Morgan fingerprint density at radius 3 is 2.56 bits per heavy atom. The maximum absolute atomic E-state index is 6.11. The highest BCUT2D eigenvalue weighted by Crippen LogP contribution is 2.15. The molecule has 0 bridgehead atoms. The van der Waals surface area contributed by atoms with E-state index in [0.717, 1.165) is 25.0 Å². The molecular weight excluding hydrogens is 226 g/mol. The molecule has 2 atom stereocenters. The third-order valence-electron chi connectivity index (χ3n) is 3.46. The van der Waals surface area contributed by atoms with Gasteiger partial charge in [0.25, 0.3) is 0 Å². The molecule has 104 valence electrons. The predicted molar refractivity (Wildman–Crippen MR) is 74.6 cm³/mol. The Balaban J connectivity index is 2.58. The summed E-state index contributed by atoms with van der Waals surface area (Å²) < 4.78 is 7.58. The highest BCUT2D eigenvalue weighted by molar-refractivity contribution is 5.02. The van der Waals surface area contributed by atoms with Crippen molar-refractivity contribution in [2.45, 2.75) is 65.1 Å². The van der Waals surface area contributed by atoms with E-state index in [1.807, 2.05) is 13.8 Å². The molecule has 0 fully saturated rings. The third-order valence-corrected chi connectivity index (χ3v) is 3.46. The summed E-state index contributed by atoms with van der Waals surface area (Å²) in [5.41, 5.74) is 7.17. The van der Waals surface area contributed by atoms with Crippen molar-refractivity contribution in [3.8, 4) is 0 Å². The SMILES string of the molecule is CCOC(C)C(N)Cc1ccn(C(CC)CC)n1. The lowest BCUT2D eigenvalue weighted by Crippen LogP contribution is -2.36. The summed E-state index contributed by atoms with van der Waals surface area (Å²) in [5, 5.41) is 4.62. The minimum atomic E-state index is 0.00926. The minimum Gasteiger partial charge on any atom is -0.377 e. The van der Waals surface area contributed by atoms with Crippen molar-refractivity contribution in [1.29, 1.82) is 0 Å². The Kier molecular flexibility index (Phi) is 6.36. The van der Waals surface area contributed by atoms with Crippen LogP contribution < -0.4 is 5.73 Å². The van der Waals surface area contributed by atoms with E-state index in [2.05, 4.69) is 35.9 Å². The molecule has 0 saturated carbocycles. The molecular formula is C14H27N3O. The van der Waals surface area contributed by atoms with E-state index in [1.165, 1.54) is 0 Å². The molecule has 0 radical (unpaired) electrons. The van der Waals surface area contributed by atoms with Crippen LogP contribution in [0.3, 0.4) is 0 Å². The molecule has 0 aliphatic heterocycles. The minimum absolute atomic E-state index is 0.00926. The number of nitrogens with two attached hydrogens (primary N) is 1. The van der Waals surface area contributed by atoms with E-state index in [-0.39, 0.29) is 12.1 Å². The average molecular weight is 253 g/mol. The Hall–Kier alpha value is -0.870. The molecule has 2 unspecified atom stereocenters. The van der Waals surface area contributed by atoms with Crippen LogP contribution in [-0.2, 0) is 11.2 Å². The summed E-state index contributed by atoms with van der Waals surface area (Å²) in [6.07, 6.45) is 5.13. The average Bonchev–Trinajstić information content (AvgIpc) is 2.79. The summed E-state index contributed by atoms with van der Waals surface area (Å²) >= 11 is 0. The Morgan fingerprint density at radius 1 is 1.33 bits per heavy atom. The highest BCUT2D eigenvalue weighted by atomic mass is 16.5. The second-order valence-electron chi connectivity index (χ2n) is 4.79. The van der Waals surface area contributed by atoms with Gasteiger partial charge in [-0.2, -0.15) is 5.10 Å². The van der Waals surface area contributed by atoms with Gasteiger partial charge in [-0.15, -0.1) is 0 Å². The van der Waals surface area contributed by atoms with Crippen molar-refractivity contribution in [2.75, 3.05) is 6.61 Å². The zero-order valence-corrected chi connectivity index (χ0v) is 12.1. The Labute approximate surface area is 111 Å². The van der Waals surface area contributed by atoms with Crippen LogP contribution >= 0.6 is 0 Å². The van der Waals surface area contributed by atoms with Gasteiger partial charge in [0, 0.05) is 25.3 Å². The van der Waals surface area contributed by atoms with Crippen LogP contribution in [-0.4, -0.2) is 28.5 Å². The van der Waals surface area contributed by atoms with E-state index in [0.29, 0.717) is 12.6 Å². The number of hydrogen-bond acceptors (Lipinski definition) is 3. The maximum atomic E-state index is 6.11. The lowest BCUT2D eigenvalue weighted by Gasteiger charge is -2.19. The van der Waals surface area contributed by atoms with E-state index in [1.54, 1.807) is 0 Å². The zero-order chi connectivity index (χ0) is 13.5. The number of nitrogens with zero attached hydrogens (tertiary/aromatic N) is 2. The van der Waals surface area contributed by atoms with E-state index in [4.69, 9.17) is 10.5 Å². The second kappa shape index (κ2) is 7.54. The van der Waals surface area contributed by atoms with Gasteiger partial charge in [-0.25, -0.2) is 0 Å². The smallest absolute Gasteiger partial charge is 0.0701 e. The van der Waals surface area contributed by atoms with Crippen molar-refractivity contribution in [1.82, 2.24) is 9.78 Å². The molecule has 1 rings (SSSR count). The van der Waals surface area contributed by atoms with Crippen LogP contribution in [0.1, 0.15) is 52.3 Å².